The summed E-state index contributed by atoms with van der Waals surface area (Å²) in [7, 11) is -1.49. The van der Waals surface area contributed by atoms with E-state index < -0.39 is 16.8 Å². The summed E-state index contributed by atoms with van der Waals surface area (Å²) in [6.07, 6.45) is 0. The first-order valence-corrected chi connectivity index (χ1v) is 8.96. The van der Waals surface area contributed by atoms with E-state index in [9.17, 15) is 14.1 Å². The molecule has 0 heterocycles. The van der Waals surface area contributed by atoms with Gasteiger partial charge in [-0.15, -0.1) is 0 Å². The molecule has 0 radical (unpaired) electrons. The van der Waals surface area contributed by atoms with E-state index in [-0.39, 0.29) is 5.56 Å². The number of fused-ring (bicyclic) bond motifs is 2. The molecule has 0 amide bonds. The molecule has 0 bridgehead atoms. The van der Waals surface area contributed by atoms with Gasteiger partial charge in [-0.2, -0.15) is 0 Å². The van der Waals surface area contributed by atoms with Crippen LogP contribution in [0, 0.1) is 0 Å². The minimum Gasteiger partial charge on any atom is -0.478 e. The average Bonchev–Trinajstić information content (AvgIpc) is 2.66. The summed E-state index contributed by atoms with van der Waals surface area (Å²) in [6, 6.07) is 23.9. The minimum atomic E-state index is -1.49. The zero-order chi connectivity index (χ0) is 17.4. The van der Waals surface area contributed by atoms with Gasteiger partial charge in [0.25, 0.3) is 0 Å². The van der Waals surface area contributed by atoms with E-state index in [2.05, 4.69) is 0 Å². The molecule has 4 aromatic rings. The lowest BCUT2D eigenvalue weighted by molar-refractivity contribution is 0.0699. The molecule has 0 aliphatic carbocycles. The number of carboxylic acids is 1. The van der Waals surface area contributed by atoms with Crippen LogP contribution < -0.4 is 0 Å². The normalized spacial score (nSPS) is 12.3. The van der Waals surface area contributed by atoms with Crippen molar-refractivity contribution < 1.29 is 14.1 Å². The molecule has 3 nitrogen and oxygen atoms in total. The molecule has 0 aromatic heterocycles. The van der Waals surface area contributed by atoms with E-state index in [1.165, 1.54) is 0 Å². The Kier molecular flexibility index (Phi) is 3.82. The molecule has 122 valence electrons. The number of carboxylic acid groups (broad SMARTS) is 1. The van der Waals surface area contributed by atoms with E-state index in [1.54, 1.807) is 18.2 Å². The van der Waals surface area contributed by atoms with Crippen LogP contribution in [0.3, 0.4) is 0 Å². The van der Waals surface area contributed by atoms with Crippen LogP contribution in [0.1, 0.15) is 10.4 Å². The first-order chi connectivity index (χ1) is 12.2. The maximum absolute atomic E-state index is 13.4. The zero-order valence-corrected chi connectivity index (χ0v) is 14.0. The lowest BCUT2D eigenvalue weighted by Crippen LogP contribution is -2.02. The fraction of sp³-hybridized carbons (Fsp3) is 0. The highest BCUT2D eigenvalue weighted by Crippen LogP contribution is 2.31. The van der Waals surface area contributed by atoms with Crippen LogP contribution in [-0.4, -0.2) is 15.3 Å². The van der Waals surface area contributed by atoms with Crippen molar-refractivity contribution in [3.05, 3.63) is 84.4 Å². The Morgan fingerprint density at radius 2 is 1.32 bits per heavy atom. The molecule has 4 rings (SSSR count). The van der Waals surface area contributed by atoms with Crippen molar-refractivity contribution in [1.82, 2.24) is 0 Å². The van der Waals surface area contributed by atoms with E-state index in [0.29, 0.717) is 15.2 Å². The lowest BCUT2D eigenvalue weighted by atomic mass is 10.0. The van der Waals surface area contributed by atoms with Gasteiger partial charge in [-0.05, 0) is 34.4 Å². The summed E-state index contributed by atoms with van der Waals surface area (Å²) in [5.41, 5.74) is 0.168. The number of hydrogen-bond donors (Lipinski definition) is 1. The van der Waals surface area contributed by atoms with Gasteiger partial charge in [0.1, 0.15) is 0 Å². The van der Waals surface area contributed by atoms with E-state index >= 15 is 0 Å². The van der Waals surface area contributed by atoms with E-state index in [4.69, 9.17) is 0 Å². The SMILES string of the molecule is O=C(O)c1cccc2cccc(S(=O)c3cccc4ccccc34)c12. The summed E-state index contributed by atoms with van der Waals surface area (Å²) >= 11 is 0. The molecule has 4 aromatic carbocycles. The third-order valence-corrected chi connectivity index (χ3v) is 5.74. The summed E-state index contributed by atoms with van der Waals surface area (Å²) < 4.78 is 13.4. The second-order valence-corrected chi connectivity index (χ2v) is 7.13. The Balaban J connectivity index is 2.01. The molecular formula is C21H14O3S. The van der Waals surface area contributed by atoms with Gasteiger partial charge in [0.2, 0.25) is 0 Å². The Bertz CT molecular complexity index is 1140. The fourth-order valence-corrected chi connectivity index (χ4v) is 4.56. The fourth-order valence-electron chi connectivity index (χ4n) is 3.12. The van der Waals surface area contributed by atoms with Crippen molar-refractivity contribution in [2.24, 2.45) is 0 Å². The second-order valence-electron chi connectivity index (χ2n) is 5.71. The molecule has 0 saturated carbocycles. The number of aromatic carboxylic acids is 1. The van der Waals surface area contributed by atoms with Crippen molar-refractivity contribution in [3.63, 3.8) is 0 Å². The van der Waals surface area contributed by atoms with Crippen molar-refractivity contribution in [1.29, 1.82) is 0 Å². The number of carbonyl (C=O) groups is 1. The van der Waals surface area contributed by atoms with Crippen LogP contribution in [0.5, 0.6) is 0 Å². The molecule has 0 aliphatic heterocycles. The van der Waals surface area contributed by atoms with Crippen molar-refractivity contribution >= 4 is 38.3 Å². The number of hydrogen-bond acceptors (Lipinski definition) is 2. The molecule has 0 fully saturated rings. The van der Waals surface area contributed by atoms with Crippen LogP contribution in [-0.2, 0) is 10.8 Å². The van der Waals surface area contributed by atoms with Gasteiger partial charge in [0, 0.05) is 5.39 Å². The minimum absolute atomic E-state index is 0.168. The zero-order valence-electron chi connectivity index (χ0n) is 13.2. The highest BCUT2D eigenvalue weighted by molar-refractivity contribution is 7.85. The maximum Gasteiger partial charge on any atom is 0.336 e. The molecule has 0 spiro atoms. The average molecular weight is 346 g/mol. The van der Waals surface area contributed by atoms with Crippen molar-refractivity contribution in [3.8, 4) is 0 Å². The summed E-state index contributed by atoms with van der Waals surface area (Å²) in [5.74, 6) is -1.02. The smallest absolute Gasteiger partial charge is 0.336 e. The van der Waals surface area contributed by atoms with Gasteiger partial charge < -0.3 is 5.11 Å². The van der Waals surface area contributed by atoms with Gasteiger partial charge in [-0.25, -0.2) is 9.00 Å². The third-order valence-electron chi connectivity index (χ3n) is 4.25. The first-order valence-electron chi connectivity index (χ1n) is 7.81. The standard InChI is InChI=1S/C21H14O3S/c22-21(23)17-11-3-8-15-9-5-13-19(20(15)17)25(24)18-12-4-7-14-6-1-2-10-16(14)18/h1-13H,(H,22,23). The highest BCUT2D eigenvalue weighted by Gasteiger charge is 2.18. The second kappa shape index (κ2) is 6.15. The van der Waals surface area contributed by atoms with Gasteiger partial charge in [-0.1, -0.05) is 60.7 Å². The van der Waals surface area contributed by atoms with Crippen LogP contribution in [0.4, 0.5) is 0 Å². The van der Waals surface area contributed by atoms with Gasteiger partial charge in [0.05, 0.1) is 26.2 Å². The van der Waals surface area contributed by atoms with E-state index in [1.807, 2.05) is 60.7 Å². The molecule has 1 N–H and O–H groups in total. The first kappa shape index (κ1) is 15.5. The molecule has 0 aliphatic rings. The predicted octanol–water partition coefficient (Wildman–Crippen LogP) is 4.86. The summed E-state index contributed by atoms with van der Waals surface area (Å²) in [6.45, 7) is 0. The quantitative estimate of drug-likeness (QED) is 0.576. The van der Waals surface area contributed by atoms with Crippen LogP contribution in [0.2, 0.25) is 0 Å². The topological polar surface area (TPSA) is 54.4 Å². The van der Waals surface area contributed by atoms with E-state index in [0.717, 1.165) is 16.2 Å². The Labute approximate surface area is 147 Å². The Hall–Kier alpha value is -2.98. The van der Waals surface area contributed by atoms with Crippen LogP contribution in [0.25, 0.3) is 21.5 Å². The monoisotopic (exact) mass is 346 g/mol. The highest BCUT2D eigenvalue weighted by atomic mass is 32.2. The molecule has 0 saturated heterocycles. The van der Waals surface area contributed by atoms with Gasteiger partial charge >= 0.3 is 5.97 Å². The molecule has 1 atom stereocenters. The van der Waals surface area contributed by atoms with Gasteiger partial charge in [0.15, 0.2) is 0 Å². The van der Waals surface area contributed by atoms with Crippen molar-refractivity contribution in [2.75, 3.05) is 0 Å². The predicted molar refractivity (Wildman–Crippen MR) is 99.5 cm³/mol. The lowest BCUT2D eigenvalue weighted by Gasteiger charge is -2.11. The van der Waals surface area contributed by atoms with Crippen LogP contribution >= 0.6 is 0 Å². The maximum atomic E-state index is 13.4. The summed E-state index contributed by atoms with van der Waals surface area (Å²) in [4.78, 5) is 12.8. The van der Waals surface area contributed by atoms with Gasteiger partial charge in [-0.3, -0.25) is 0 Å². The Morgan fingerprint density at radius 3 is 2.08 bits per heavy atom. The number of benzene rings is 4. The molecule has 4 heteroatoms. The third kappa shape index (κ3) is 2.61. The molecule has 25 heavy (non-hydrogen) atoms. The van der Waals surface area contributed by atoms with Crippen LogP contribution in [0.15, 0.2) is 88.7 Å². The largest absolute Gasteiger partial charge is 0.478 e. The van der Waals surface area contributed by atoms with Crippen molar-refractivity contribution in [2.45, 2.75) is 9.79 Å². The molecule has 1 unspecified atom stereocenters. The summed E-state index contributed by atoms with van der Waals surface area (Å²) in [5, 5.41) is 12.7. The molecular weight excluding hydrogens is 332 g/mol. The number of rotatable bonds is 3. The Morgan fingerprint density at radius 1 is 0.720 bits per heavy atom.